The van der Waals surface area contributed by atoms with Crippen LogP contribution < -0.4 is 10.5 Å². The Kier molecular flexibility index (Phi) is 5.37. The number of nitrogens with two attached hydrogens (primary N) is 1. The number of hydrogen-bond acceptors (Lipinski definition) is 4. The summed E-state index contributed by atoms with van der Waals surface area (Å²) >= 11 is 0. The number of Topliss-reactive ketones (excluding diaryl/α,β-unsaturated/α-hetero) is 1. The van der Waals surface area contributed by atoms with Crippen molar-refractivity contribution in [2.75, 3.05) is 5.75 Å². The van der Waals surface area contributed by atoms with Crippen LogP contribution in [-0.4, -0.2) is 20.0 Å². The van der Waals surface area contributed by atoms with Crippen LogP contribution in [0.2, 0.25) is 0 Å². The number of nitrogens with one attached hydrogen (secondary N) is 1. The van der Waals surface area contributed by atoms with E-state index in [-0.39, 0.29) is 22.9 Å². The molecule has 4 atom stereocenters. The average Bonchev–Trinajstić information content (AvgIpc) is 3.07. The van der Waals surface area contributed by atoms with Crippen molar-refractivity contribution in [1.29, 1.82) is 0 Å². The van der Waals surface area contributed by atoms with Gasteiger partial charge >= 0.3 is 0 Å². The van der Waals surface area contributed by atoms with Crippen molar-refractivity contribution in [2.24, 2.45) is 22.5 Å². The van der Waals surface area contributed by atoms with E-state index in [4.69, 9.17) is 5.73 Å². The van der Waals surface area contributed by atoms with Gasteiger partial charge in [0.15, 0.2) is 0 Å². The topological polar surface area (TPSA) is 89.3 Å². The second kappa shape index (κ2) is 7.59. The SMILES string of the molecule is CC1(C)C2CC[C@]1(CS(=O)(=O)N[C@H](c1ccccc1)[C@H](N)c1ccccc1)C(=O)C2. The van der Waals surface area contributed by atoms with E-state index in [1.807, 2.05) is 60.7 Å². The lowest BCUT2D eigenvalue weighted by atomic mass is 9.70. The summed E-state index contributed by atoms with van der Waals surface area (Å²) in [7, 11) is -3.76. The predicted molar refractivity (Wildman–Crippen MR) is 118 cm³/mol. The number of carbonyl (C=O) groups excluding carboxylic acids is 1. The van der Waals surface area contributed by atoms with Crippen molar-refractivity contribution < 1.29 is 13.2 Å². The van der Waals surface area contributed by atoms with E-state index < -0.39 is 27.5 Å². The summed E-state index contributed by atoms with van der Waals surface area (Å²) < 4.78 is 29.7. The molecule has 4 rings (SSSR count). The van der Waals surface area contributed by atoms with E-state index in [0.29, 0.717) is 12.8 Å². The van der Waals surface area contributed by atoms with Crippen LogP contribution in [0.25, 0.3) is 0 Å². The quantitative estimate of drug-likeness (QED) is 0.706. The minimum Gasteiger partial charge on any atom is -0.322 e. The van der Waals surface area contributed by atoms with Crippen LogP contribution in [0, 0.1) is 16.7 Å². The molecule has 30 heavy (non-hydrogen) atoms. The Balaban J connectivity index is 1.65. The van der Waals surface area contributed by atoms with Gasteiger partial charge in [-0.3, -0.25) is 4.79 Å². The number of fused-ring (bicyclic) bond motifs is 2. The first-order valence-corrected chi connectivity index (χ1v) is 12.2. The minimum absolute atomic E-state index is 0.0951. The second-order valence-corrected chi connectivity index (χ2v) is 11.1. The normalized spacial score (nSPS) is 27.2. The van der Waals surface area contributed by atoms with E-state index in [2.05, 4.69) is 18.6 Å². The second-order valence-electron chi connectivity index (χ2n) is 9.37. The van der Waals surface area contributed by atoms with Crippen LogP contribution in [0.1, 0.15) is 56.3 Å². The van der Waals surface area contributed by atoms with E-state index in [0.717, 1.165) is 17.5 Å². The third-order valence-corrected chi connectivity index (χ3v) is 9.07. The molecule has 2 aromatic carbocycles. The largest absolute Gasteiger partial charge is 0.322 e. The number of benzene rings is 2. The van der Waals surface area contributed by atoms with Crippen molar-refractivity contribution in [1.82, 2.24) is 4.72 Å². The first kappa shape index (κ1) is 21.2. The fraction of sp³-hybridized carbons (Fsp3) is 0.458. The molecule has 6 heteroatoms. The van der Waals surface area contributed by atoms with Gasteiger partial charge in [-0.25, -0.2) is 13.1 Å². The van der Waals surface area contributed by atoms with E-state index in [9.17, 15) is 13.2 Å². The number of hydrogen-bond donors (Lipinski definition) is 2. The summed E-state index contributed by atoms with van der Waals surface area (Å²) in [6.45, 7) is 4.10. The fourth-order valence-electron chi connectivity index (χ4n) is 5.54. The van der Waals surface area contributed by atoms with Gasteiger partial charge in [0.05, 0.1) is 17.8 Å². The maximum atomic E-state index is 13.4. The summed E-state index contributed by atoms with van der Waals surface area (Å²) in [6.07, 6.45) is 2.05. The molecule has 2 aliphatic rings. The molecule has 2 fully saturated rings. The van der Waals surface area contributed by atoms with Crippen LogP contribution in [0.3, 0.4) is 0 Å². The fourth-order valence-corrected chi connectivity index (χ4v) is 7.62. The highest BCUT2D eigenvalue weighted by Gasteiger charge is 2.65. The van der Waals surface area contributed by atoms with Gasteiger partial charge in [0, 0.05) is 11.8 Å². The van der Waals surface area contributed by atoms with Gasteiger partial charge in [-0.15, -0.1) is 0 Å². The molecular formula is C24H30N2O3S. The van der Waals surface area contributed by atoms with E-state index >= 15 is 0 Å². The molecule has 3 N–H and O–H groups in total. The monoisotopic (exact) mass is 426 g/mol. The Morgan fingerprint density at radius 3 is 2.10 bits per heavy atom. The third kappa shape index (κ3) is 3.51. The first-order valence-electron chi connectivity index (χ1n) is 10.6. The number of carbonyl (C=O) groups is 1. The Bertz CT molecular complexity index is 1020. The van der Waals surface area contributed by atoms with E-state index in [1.165, 1.54) is 0 Å². The van der Waals surface area contributed by atoms with Crippen LogP contribution in [0.15, 0.2) is 60.7 Å². The molecule has 0 saturated heterocycles. The van der Waals surface area contributed by atoms with Gasteiger partial charge in [-0.05, 0) is 35.3 Å². The Morgan fingerprint density at radius 1 is 1.03 bits per heavy atom. The molecule has 0 heterocycles. The van der Waals surface area contributed by atoms with Crippen molar-refractivity contribution in [3.05, 3.63) is 71.8 Å². The molecule has 0 aliphatic heterocycles. The Morgan fingerprint density at radius 2 is 1.60 bits per heavy atom. The van der Waals surface area contributed by atoms with Gasteiger partial charge in [0.25, 0.3) is 0 Å². The molecule has 0 radical (unpaired) electrons. The molecule has 160 valence electrons. The standard InChI is InChI=1S/C24H30N2O3S/c1-23(2)19-13-14-24(23,20(27)15-19)16-30(28,29)26-22(18-11-7-4-8-12-18)21(25)17-9-5-3-6-10-17/h3-12,19,21-22,26H,13-16,25H2,1-2H3/t19?,21-,22-,24+/m1/s1. The van der Waals surface area contributed by atoms with Crippen molar-refractivity contribution in [3.8, 4) is 0 Å². The summed E-state index contributed by atoms with van der Waals surface area (Å²) in [4.78, 5) is 12.8. The highest BCUT2D eigenvalue weighted by molar-refractivity contribution is 7.89. The van der Waals surface area contributed by atoms with Gasteiger partial charge in [0.1, 0.15) is 5.78 Å². The first-order chi connectivity index (χ1) is 14.2. The maximum Gasteiger partial charge on any atom is 0.213 e. The third-order valence-electron chi connectivity index (χ3n) is 7.58. The molecule has 0 amide bonds. The summed E-state index contributed by atoms with van der Waals surface area (Å²) in [5.74, 6) is 0.196. The van der Waals surface area contributed by atoms with E-state index in [1.54, 1.807) is 0 Å². The molecular weight excluding hydrogens is 396 g/mol. The van der Waals surface area contributed by atoms with Crippen LogP contribution >= 0.6 is 0 Å². The molecule has 2 bridgehead atoms. The number of sulfonamides is 1. The lowest BCUT2D eigenvalue weighted by molar-refractivity contribution is -0.128. The van der Waals surface area contributed by atoms with Crippen LogP contribution in [0.4, 0.5) is 0 Å². The summed E-state index contributed by atoms with van der Waals surface area (Å²) in [6, 6.07) is 17.7. The Labute approximate surface area is 179 Å². The molecule has 2 aliphatic carbocycles. The minimum atomic E-state index is -3.76. The zero-order valence-corrected chi connectivity index (χ0v) is 18.4. The summed E-state index contributed by atoms with van der Waals surface area (Å²) in [5.41, 5.74) is 7.09. The van der Waals surface area contributed by atoms with Gasteiger partial charge in [-0.1, -0.05) is 74.5 Å². The smallest absolute Gasteiger partial charge is 0.213 e. The molecule has 2 aromatic rings. The lowest BCUT2D eigenvalue weighted by Gasteiger charge is -2.37. The number of rotatable bonds is 7. The van der Waals surface area contributed by atoms with Crippen molar-refractivity contribution in [3.63, 3.8) is 0 Å². The van der Waals surface area contributed by atoms with Gasteiger partial charge in [0.2, 0.25) is 10.0 Å². The van der Waals surface area contributed by atoms with Crippen LogP contribution in [0.5, 0.6) is 0 Å². The summed E-state index contributed by atoms with van der Waals surface area (Å²) in [5, 5.41) is 0. The zero-order chi connectivity index (χ0) is 21.6. The number of ketones is 1. The maximum absolute atomic E-state index is 13.4. The molecule has 0 aromatic heterocycles. The zero-order valence-electron chi connectivity index (χ0n) is 17.5. The van der Waals surface area contributed by atoms with Gasteiger partial charge < -0.3 is 5.73 Å². The Hall–Kier alpha value is -2.02. The molecule has 0 spiro atoms. The van der Waals surface area contributed by atoms with Crippen LogP contribution in [-0.2, 0) is 14.8 Å². The molecule has 5 nitrogen and oxygen atoms in total. The average molecular weight is 427 g/mol. The molecule has 2 saturated carbocycles. The molecule has 1 unspecified atom stereocenters. The van der Waals surface area contributed by atoms with Crippen molar-refractivity contribution >= 4 is 15.8 Å². The highest BCUT2D eigenvalue weighted by atomic mass is 32.2. The predicted octanol–water partition coefficient (Wildman–Crippen LogP) is 3.74. The van der Waals surface area contributed by atoms with Crippen molar-refractivity contribution in [2.45, 2.75) is 45.2 Å². The highest BCUT2D eigenvalue weighted by Crippen LogP contribution is 2.64. The van der Waals surface area contributed by atoms with Gasteiger partial charge in [-0.2, -0.15) is 0 Å². The lowest BCUT2D eigenvalue weighted by Crippen LogP contribution is -2.47.